The Morgan fingerprint density at radius 2 is 1.73 bits per heavy atom. The quantitative estimate of drug-likeness (QED) is 0.334. The molecule has 6 nitrogen and oxygen atoms in total. The summed E-state index contributed by atoms with van der Waals surface area (Å²) in [7, 11) is 0. The Bertz CT molecular complexity index is 105. The summed E-state index contributed by atoms with van der Waals surface area (Å²) in [6, 6.07) is 0. The third kappa shape index (κ3) is 4.02. The van der Waals surface area contributed by atoms with Gasteiger partial charge in [0, 0.05) is 5.48 Å². The van der Waals surface area contributed by atoms with Crippen LogP contribution in [0.2, 0.25) is 0 Å². The second-order valence-electron chi connectivity index (χ2n) is 1.87. The van der Waals surface area contributed by atoms with Crippen molar-refractivity contribution in [3.63, 3.8) is 0 Å². The van der Waals surface area contributed by atoms with Gasteiger partial charge in [-0.1, -0.05) is 0 Å². The third-order valence-electron chi connectivity index (χ3n) is 1.07. The summed E-state index contributed by atoms with van der Waals surface area (Å²) in [5.41, 5.74) is 0. The van der Waals surface area contributed by atoms with Crippen LogP contribution in [0.4, 0.5) is 0 Å². The van der Waals surface area contributed by atoms with Gasteiger partial charge in [-0.3, -0.25) is 0 Å². The van der Waals surface area contributed by atoms with E-state index in [1.807, 2.05) is 0 Å². The molecule has 0 aliphatic carbocycles. The molecule has 0 unspecified atom stereocenters. The summed E-state index contributed by atoms with van der Waals surface area (Å²) in [4.78, 5) is 9.76. The highest BCUT2D eigenvalue weighted by Crippen LogP contribution is 1.96. The molecule has 0 amide bonds. The van der Waals surface area contributed by atoms with Crippen LogP contribution in [0.15, 0.2) is 0 Å². The van der Waals surface area contributed by atoms with Gasteiger partial charge >= 0.3 is 0 Å². The van der Waals surface area contributed by atoms with Crippen LogP contribution in [0, 0.1) is 0 Å². The second-order valence-corrected chi connectivity index (χ2v) is 1.87. The van der Waals surface area contributed by atoms with Crippen LogP contribution in [0.5, 0.6) is 0 Å². The minimum atomic E-state index is -1.64. The first-order valence-electron chi connectivity index (χ1n) is 2.73. The van der Waals surface area contributed by atoms with Gasteiger partial charge < -0.3 is 25.2 Å². The average Bonchev–Trinajstić information content (AvgIpc) is 2.00. The Labute approximate surface area is 63.0 Å². The van der Waals surface area contributed by atoms with Gasteiger partial charge in [0.2, 0.25) is 0 Å². The highest BCUT2D eigenvalue weighted by Gasteiger charge is 2.22. The molecule has 66 valence electrons. The number of aliphatic hydroxyl groups is 4. The highest BCUT2D eigenvalue weighted by atomic mass is 16.4. The van der Waals surface area contributed by atoms with Gasteiger partial charge in [0.25, 0.3) is 0 Å². The van der Waals surface area contributed by atoms with E-state index in [9.17, 15) is 4.79 Å². The lowest BCUT2D eigenvalue weighted by atomic mass is 10.1. The number of carbonyl (C=O) groups is 1. The van der Waals surface area contributed by atoms with Crippen molar-refractivity contribution in [1.82, 2.24) is 0 Å². The summed E-state index contributed by atoms with van der Waals surface area (Å²) in [5, 5.41) is 34.1. The van der Waals surface area contributed by atoms with E-state index in [1.165, 1.54) is 0 Å². The Morgan fingerprint density at radius 1 is 1.27 bits per heavy atom. The largest absolute Gasteiger partial charge is 0.394 e. The van der Waals surface area contributed by atoms with E-state index in [2.05, 4.69) is 0 Å². The van der Waals surface area contributed by atoms with Gasteiger partial charge in [0.05, 0.1) is 6.61 Å². The summed E-state index contributed by atoms with van der Waals surface area (Å²) in [5.74, 6) is 0. The zero-order valence-electron chi connectivity index (χ0n) is 5.62. The Hall–Kier alpha value is -0.530. The van der Waals surface area contributed by atoms with Crippen LogP contribution >= 0.6 is 0 Å². The molecule has 0 saturated carbocycles. The Balaban J connectivity index is 0. The van der Waals surface area contributed by atoms with Gasteiger partial charge in [0.15, 0.2) is 6.29 Å². The van der Waals surface area contributed by atoms with Crippen LogP contribution < -0.4 is 0 Å². The first kappa shape index (κ1) is 13.1. The maximum atomic E-state index is 9.76. The maximum absolute atomic E-state index is 9.76. The number of carbonyl (C=O) groups excluding carboxylic acids is 1. The number of rotatable bonds is 4. The molecule has 4 N–H and O–H groups in total. The van der Waals surface area contributed by atoms with E-state index >= 15 is 0 Å². The van der Waals surface area contributed by atoms with E-state index in [-0.39, 0.29) is 11.8 Å². The number of aldehydes is 1. The fourth-order valence-corrected chi connectivity index (χ4v) is 0.416. The highest BCUT2D eigenvalue weighted by molar-refractivity contribution is 5.56. The topological polar surface area (TPSA) is 126 Å². The number of aliphatic hydroxyl groups excluding tert-OH is 4. The first-order chi connectivity index (χ1) is 4.63. The predicted octanol–water partition coefficient (Wildman–Crippen LogP) is -2.86. The molecular formula is C5H10O6. The van der Waals surface area contributed by atoms with E-state index in [4.69, 9.17) is 20.4 Å². The van der Waals surface area contributed by atoms with Gasteiger partial charge in [0.1, 0.15) is 18.3 Å². The standard InChI is InChI=1S/C5H10O5.O/c6-1-3(8)5(10)4(9)2-7;/h1,3-5,7-10H,2H2;/t3-,4+,5+;/m0./s1. The van der Waals surface area contributed by atoms with Gasteiger partial charge in [-0.15, -0.1) is 0 Å². The van der Waals surface area contributed by atoms with Crippen molar-refractivity contribution in [1.29, 1.82) is 0 Å². The van der Waals surface area contributed by atoms with Crippen LogP contribution in [0.1, 0.15) is 0 Å². The van der Waals surface area contributed by atoms with Gasteiger partial charge in [-0.05, 0) is 0 Å². The van der Waals surface area contributed by atoms with E-state index < -0.39 is 24.9 Å². The van der Waals surface area contributed by atoms with Gasteiger partial charge in [-0.25, -0.2) is 0 Å². The van der Waals surface area contributed by atoms with Crippen LogP contribution in [-0.4, -0.2) is 51.6 Å². The fourth-order valence-electron chi connectivity index (χ4n) is 0.416. The first-order valence-corrected chi connectivity index (χ1v) is 2.73. The molecule has 2 radical (unpaired) electrons. The summed E-state index contributed by atoms with van der Waals surface area (Å²) in [6.45, 7) is -0.688. The lowest BCUT2D eigenvalue weighted by Gasteiger charge is -2.16. The number of hydrogen-bond donors (Lipinski definition) is 4. The molecule has 0 aliphatic rings. The van der Waals surface area contributed by atoms with E-state index in [1.54, 1.807) is 0 Å². The molecule has 0 heterocycles. The molecule has 0 aliphatic heterocycles. The summed E-state index contributed by atoms with van der Waals surface area (Å²) >= 11 is 0. The Morgan fingerprint density at radius 3 is 2.00 bits per heavy atom. The second kappa shape index (κ2) is 6.20. The smallest absolute Gasteiger partial charge is 0.151 e. The zero-order chi connectivity index (χ0) is 8.15. The minimum Gasteiger partial charge on any atom is -0.394 e. The molecule has 0 bridgehead atoms. The lowest BCUT2D eigenvalue weighted by molar-refractivity contribution is -0.127. The van der Waals surface area contributed by atoms with Crippen LogP contribution in [-0.2, 0) is 10.3 Å². The SMILES string of the molecule is O=C[C@H](O)[C@@H](O)[C@H](O)CO.[O]. The molecule has 0 fully saturated rings. The fraction of sp³-hybridized carbons (Fsp3) is 0.800. The van der Waals surface area contributed by atoms with Crippen molar-refractivity contribution in [2.45, 2.75) is 18.3 Å². The van der Waals surface area contributed by atoms with Gasteiger partial charge in [-0.2, -0.15) is 0 Å². The molecule has 11 heavy (non-hydrogen) atoms. The molecule has 3 atom stereocenters. The molecule has 0 aromatic rings. The lowest BCUT2D eigenvalue weighted by Crippen LogP contribution is -2.40. The van der Waals surface area contributed by atoms with Crippen molar-refractivity contribution in [2.75, 3.05) is 6.61 Å². The molecule has 0 aromatic carbocycles. The molecule has 0 saturated heterocycles. The molecule has 0 spiro atoms. The van der Waals surface area contributed by atoms with Crippen molar-refractivity contribution >= 4 is 6.29 Å². The molecule has 6 heteroatoms. The predicted molar refractivity (Wildman–Crippen MR) is 31.9 cm³/mol. The Kier molecular flexibility index (Phi) is 7.37. The molecular weight excluding hydrogens is 156 g/mol. The van der Waals surface area contributed by atoms with Crippen molar-refractivity contribution in [3.8, 4) is 0 Å². The maximum Gasteiger partial charge on any atom is 0.151 e. The third-order valence-corrected chi connectivity index (χ3v) is 1.07. The summed E-state index contributed by atoms with van der Waals surface area (Å²) in [6.07, 6.45) is -4.63. The van der Waals surface area contributed by atoms with Crippen LogP contribution in [0.3, 0.4) is 0 Å². The van der Waals surface area contributed by atoms with E-state index in [0.29, 0.717) is 0 Å². The monoisotopic (exact) mass is 166 g/mol. The van der Waals surface area contributed by atoms with Crippen molar-refractivity contribution < 1.29 is 30.7 Å². The van der Waals surface area contributed by atoms with Crippen molar-refractivity contribution in [2.24, 2.45) is 0 Å². The summed E-state index contributed by atoms with van der Waals surface area (Å²) < 4.78 is 0. The minimum absolute atomic E-state index is 0. The average molecular weight is 166 g/mol. The van der Waals surface area contributed by atoms with Crippen molar-refractivity contribution in [3.05, 3.63) is 0 Å². The molecule has 0 aromatic heterocycles. The zero-order valence-corrected chi connectivity index (χ0v) is 5.62. The number of hydrogen-bond acceptors (Lipinski definition) is 5. The molecule has 0 rings (SSSR count). The van der Waals surface area contributed by atoms with E-state index in [0.717, 1.165) is 0 Å². The van der Waals surface area contributed by atoms with Crippen LogP contribution in [0.25, 0.3) is 0 Å². The normalized spacial score (nSPS) is 17.8.